The Morgan fingerprint density at radius 2 is 2.12 bits per heavy atom. The lowest BCUT2D eigenvalue weighted by molar-refractivity contribution is -0.00774. The van der Waals surface area contributed by atoms with E-state index in [9.17, 15) is 18.9 Å². The molecule has 0 spiro atoms. The number of carbonyl (C=O) groups is 1. The summed E-state index contributed by atoms with van der Waals surface area (Å²) in [5.74, 6) is 0. The van der Waals surface area contributed by atoms with Crippen LogP contribution < -0.4 is 16.6 Å². The topological polar surface area (TPSA) is 129 Å². The number of aromatic amines is 1. The maximum atomic E-state index is 12.4. The zero-order chi connectivity index (χ0) is 18.6. The van der Waals surface area contributed by atoms with Gasteiger partial charge < -0.3 is 14.6 Å². The Morgan fingerprint density at radius 3 is 2.76 bits per heavy atom. The minimum atomic E-state index is -3.96. The average molecular weight is 373 g/mol. The van der Waals surface area contributed by atoms with Crippen molar-refractivity contribution < 1.29 is 23.1 Å². The molecule has 1 aliphatic heterocycles. The molecule has 1 aromatic heterocycles. The maximum absolute atomic E-state index is 12.4. The Bertz CT molecular complexity index is 828. The number of aryl methyl sites for hydroxylation is 1. The summed E-state index contributed by atoms with van der Waals surface area (Å²) < 4.78 is 29.3. The van der Waals surface area contributed by atoms with Gasteiger partial charge in [0.2, 0.25) is 0 Å². The van der Waals surface area contributed by atoms with Crippen LogP contribution in [0, 0.1) is 6.92 Å². The van der Waals surface area contributed by atoms with E-state index in [4.69, 9.17) is 13.8 Å². The fraction of sp³-hybridized carbons (Fsp3) is 0.500. The van der Waals surface area contributed by atoms with Crippen LogP contribution in [0.15, 0.2) is 27.9 Å². The molecule has 0 aromatic carbocycles. The van der Waals surface area contributed by atoms with Gasteiger partial charge in [-0.05, 0) is 19.9 Å². The minimum Gasteiger partial charge on any atom is -0.349 e. The van der Waals surface area contributed by atoms with Crippen LogP contribution in [0.5, 0.6) is 0 Å². The van der Waals surface area contributed by atoms with Crippen molar-refractivity contribution in [2.45, 2.75) is 26.2 Å². The van der Waals surface area contributed by atoms with E-state index >= 15 is 0 Å². The predicted molar refractivity (Wildman–Crippen MR) is 88.7 cm³/mol. The van der Waals surface area contributed by atoms with Gasteiger partial charge in [-0.25, -0.2) is 9.36 Å². The van der Waals surface area contributed by atoms with E-state index in [0.717, 1.165) is 0 Å². The lowest BCUT2D eigenvalue weighted by Crippen LogP contribution is -2.33. The fourth-order valence-corrected chi connectivity index (χ4v) is 3.42. The fourth-order valence-electron chi connectivity index (χ4n) is 2.15. The van der Waals surface area contributed by atoms with Crippen molar-refractivity contribution in [3.63, 3.8) is 0 Å². The molecule has 1 amide bonds. The average Bonchev–Trinajstić information content (AvgIpc) is 3.04. The molecule has 0 fully saturated rings. The minimum absolute atomic E-state index is 0.0424. The molecule has 0 saturated heterocycles. The first-order valence-corrected chi connectivity index (χ1v) is 9.12. The molecule has 10 nitrogen and oxygen atoms in total. The number of nitrogens with one attached hydrogen (secondary N) is 2. The molecule has 1 aliphatic rings. The quantitative estimate of drug-likeness (QED) is 0.536. The van der Waals surface area contributed by atoms with Gasteiger partial charge in [0.15, 0.2) is 6.23 Å². The van der Waals surface area contributed by atoms with Crippen LogP contribution in [0.2, 0.25) is 0 Å². The number of aromatic nitrogens is 2. The summed E-state index contributed by atoms with van der Waals surface area (Å²) in [5.41, 5.74) is -1.57. The van der Waals surface area contributed by atoms with Crippen LogP contribution >= 0.6 is 7.60 Å². The van der Waals surface area contributed by atoms with Crippen LogP contribution in [0.1, 0.15) is 18.7 Å². The van der Waals surface area contributed by atoms with Gasteiger partial charge in [-0.1, -0.05) is 6.08 Å². The molecule has 0 saturated carbocycles. The van der Waals surface area contributed by atoms with Crippen molar-refractivity contribution in [3.8, 4) is 0 Å². The van der Waals surface area contributed by atoms with Gasteiger partial charge >= 0.3 is 18.9 Å². The van der Waals surface area contributed by atoms with Crippen LogP contribution in [0.25, 0.3) is 0 Å². The standard InChI is InChI=1S/C14H20N3O7P/c1-4-22-25(21,14(20)15-3)23-8-10-5-6-11(24-10)17-7-9(2)12(18)16-13(17)19/h5-7,10-11H,4,8H2,1-3H3,(H,15,20)(H,16,18,19)/t10-,11+,25?/m0/s1. The van der Waals surface area contributed by atoms with Crippen LogP contribution in [-0.4, -0.2) is 41.6 Å². The van der Waals surface area contributed by atoms with E-state index in [1.807, 2.05) is 0 Å². The highest BCUT2D eigenvalue weighted by atomic mass is 31.2. The lowest BCUT2D eigenvalue weighted by Gasteiger charge is -2.19. The third-order valence-corrected chi connectivity index (χ3v) is 5.20. The molecule has 3 atom stereocenters. The Kier molecular flexibility index (Phi) is 6.12. The van der Waals surface area contributed by atoms with Crippen LogP contribution in [0.4, 0.5) is 4.79 Å². The zero-order valence-electron chi connectivity index (χ0n) is 14.1. The van der Waals surface area contributed by atoms with Crippen molar-refractivity contribution in [3.05, 3.63) is 44.8 Å². The van der Waals surface area contributed by atoms with Crippen LogP contribution in [-0.2, 0) is 18.3 Å². The highest BCUT2D eigenvalue weighted by Gasteiger charge is 2.35. The first-order chi connectivity index (χ1) is 11.8. The number of amides is 1. The van der Waals surface area contributed by atoms with E-state index in [1.54, 1.807) is 26.0 Å². The molecular weight excluding hydrogens is 353 g/mol. The highest BCUT2D eigenvalue weighted by molar-refractivity contribution is 7.71. The third kappa shape index (κ3) is 4.35. The third-order valence-electron chi connectivity index (χ3n) is 3.40. The molecule has 2 heterocycles. The van der Waals surface area contributed by atoms with Gasteiger partial charge in [0.25, 0.3) is 5.56 Å². The van der Waals surface area contributed by atoms with Crippen molar-refractivity contribution >= 4 is 13.2 Å². The zero-order valence-corrected chi connectivity index (χ0v) is 14.9. The van der Waals surface area contributed by atoms with Crippen LogP contribution in [0.3, 0.4) is 0 Å². The summed E-state index contributed by atoms with van der Waals surface area (Å²) in [7, 11) is -2.63. The molecule has 1 aromatic rings. The van der Waals surface area contributed by atoms with Gasteiger partial charge in [-0.3, -0.25) is 23.7 Å². The molecule has 2 rings (SSSR count). The summed E-state index contributed by atoms with van der Waals surface area (Å²) in [6.45, 7) is 3.00. The molecule has 0 radical (unpaired) electrons. The lowest BCUT2D eigenvalue weighted by atomic mass is 10.3. The molecule has 138 valence electrons. The van der Waals surface area contributed by atoms with Gasteiger partial charge in [0.05, 0.1) is 13.2 Å². The molecule has 11 heteroatoms. The number of hydrogen-bond donors (Lipinski definition) is 2. The monoisotopic (exact) mass is 373 g/mol. The summed E-state index contributed by atoms with van der Waals surface area (Å²) in [5, 5.41) is 2.23. The second-order valence-electron chi connectivity index (χ2n) is 5.19. The van der Waals surface area contributed by atoms with Crippen molar-refractivity contribution in [1.82, 2.24) is 14.9 Å². The number of H-pyrrole nitrogens is 1. The Morgan fingerprint density at radius 1 is 1.40 bits per heavy atom. The van der Waals surface area contributed by atoms with E-state index in [0.29, 0.717) is 5.56 Å². The summed E-state index contributed by atoms with van der Waals surface area (Å²) in [6.07, 6.45) is 3.21. The SMILES string of the molecule is CCOP(=O)(OC[C@@H]1C=C[C@H](n2cc(C)c(=O)[nH]c2=O)O1)C(=O)NC. The second kappa shape index (κ2) is 7.92. The number of rotatable bonds is 7. The normalized spacial score (nSPS) is 21.9. The van der Waals surface area contributed by atoms with Crippen molar-refractivity contribution in [2.24, 2.45) is 0 Å². The van der Waals surface area contributed by atoms with E-state index in [2.05, 4.69) is 10.3 Å². The first-order valence-electron chi connectivity index (χ1n) is 7.58. The predicted octanol–water partition coefficient (Wildman–Crippen LogP) is 0.884. The Balaban J connectivity index is 2.04. The van der Waals surface area contributed by atoms with E-state index in [-0.39, 0.29) is 13.2 Å². The van der Waals surface area contributed by atoms with E-state index in [1.165, 1.54) is 17.8 Å². The first kappa shape index (κ1) is 19.3. The Labute approximate surface area is 143 Å². The van der Waals surface area contributed by atoms with Crippen molar-refractivity contribution in [2.75, 3.05) is 20.3 Å². The molecule has 1 unspecified atom stereocenters. The summed E-state index contributed by atoms with van der Waals surface area (Å²) >= 11 is 0. The molecule has 0 bridgehead atoms. The number of hydrogen-bond acceptors (Lipinski definition) is 7. The summed E-state index contributed by atoms with van der Waals surface area (Å²) in [6, 6.07) is 0. The largest absolute Gasteiger partial charge is 0.418 e. The second-order valence-corrected chi connectivity index (χ2v) is 7.11. The smallest absolute Gasteiger partial charge is 0.349 e. The van der Waals surface area contributed by atoms with Gasteiger partial charge in [-0.15, -0.1) is 0 Å². The van der Waals surface area contributed by atoms with Gasteiger partial charge in [-0.2, -0.15) is 0 Å². The molecular formula is C14H20N3O7P. The Hall–Kier alpha value is -2.00. The molecule has 0 aliphatic carbocycles. The van der Waals surface area contributed by atoms with Gasteiger partial charge in [0.1, 0.15) is 6.10 Å². The summed E-state index contributed by atoms with van der Waals surface area (Å²) in [4.78, 5) is 37.1. The number of carbonyl (C=O) groups excluding carboxylic acids is 1. The number of nitrogens with zero attached hydrogens (tertiary/aromatic N) is 1. The van der Waals surface area contributed by atoms with E-state index < -0.39 is 36.8 Å². The number of ether oxygens (including phenoxy) is 1. The molecule has 2 N–H and O–H groups in total. The van der Waals surface area contributed by atoms with Crippen molar-refractivity contribution in [1.29, 1.82) is 0 Å². The maximum Gasteiger partial charge on any atom is 0.418 e. The highest BCUT2D eigenvalue weighted by Crippen LogP contribution is 2.49. The molecule has 25 heavy (non-hydrogen) atoms. The van der Waals surface area contributed by atoms with Gasteiger partial charge in [0, 0.05) is 18.8 Å².